The third kappa shape index (κ3) is 2.11. The SMILES string of the molecule is CN(C)c1cc(-c2ccccc2)c(C#N)c(=O)o1. The molecule has 18 heavy (non-hydrogen) atoms. The van der Waals surface area contributed by atoms with Crippen LogP contribution in [0, 0.1) is 11.3 Å². The van der Waals surface area contributed by atoms with Crippen molar-refractivity contribution in [2.75, 3.05) is 19.0 Å². The van der Waals surface area contributed by atoms with Crippen molar-refractivity contribution >= 4 is 5.88 Å². The van der Waals surface area contributed by atoms with Crippen LogP contribution in [0.2, 0.25) is 0 Å². The Balaban J connectivity index is 2.73. The Morgan fingerprint density at radius 1 is 1.22 bits per heavy atom. The molecule has 4 nitrogen and oxygen atoms in total. The van der Waals surface area contributed by atoms with Crippen LogP contribution in [-0.2, 0) is 0 Å². The van der Waals surface area contributed by atoms with Gasteiger partial charge < -0.3 is 9.32 Å². The van der Waals surface area contributed by atoms with Gasteiger partial charge >= 0.3 is 5.63 Å². The Labute approximate surface area is 105 Å². The number of nitriles is 1. The van der Waals surface area contributed by atoms with E-state index in [1.54, 1.807) is 25.1 Å². The van der Waals surface area contributed by atoms with Gasteiger partial charge in [-0.15, -0.1) is 0 Å². The minimum Gasteiger partial charge on any atom is -0.406 e. The maximum Gasteiger partial charge on any atom is 0.356 e. The van der Waals surface area contributed by atoms with Gasteiger partial charge in [0, 0.05) is 25.7 Å². The van der Waals surface area contributed by atoms with E-state index in [9.17, 15) is 4.79 Å². The van der Waals surface area contributed by atoms with Crippen molar-refractivity contribution < 1.29 is 4.42 Å². The van der Waals surface area contributed by atoms with E-state index >= 15 is 0 Å². The maximum atomic E-state index is 11.8. The van der Waals surface area contributed by atoms with E-state index in [4.69, 9.17) is 9.68 Å². The van der Waals surface area contributed by atoms with Crippen LogP contribution in [0.25, 0.3) is 11.1 Å². The standard InChI is InChI=1S/C14H12N2O2/c1-16(2)13-8-11(10-6-4-3-5-7-10)12(9-15)14(17)18-13/h3-8H,1-2H3. The minimum absolute atomic E-state index is 0.0341. The highest BCUT2D eigenvalue weighted by Crippen LogP contribution is 2.24. The van der Waals surface area contributed by atoms with E-state index in [-0.39, 0.29) is 5.56 Å². The van der Waals surface area contributed by atoms with Crippen LogP contribution >= 0.6 is 0 Å². The van der Waals surface area contributed by atoms with Crippen LogP contribution in [0.3, 0.4) is 0 Å². The molecule has 1 aromatic heterocycles. The molecule has 0 amide bonds. The number of benzene rings is 1. The summed E-state index contributed by atoms with van der Waals surface area (Å²) in [6.07, 6.45) is 0. The van der Waals surface area contributed by atoms with Crippen LogP contribution in [0.1, 0.15) is 5.56 Å². The van der Waals surface area contributed by atoms with Crippen molar-refractivity contribution in [3.05, 3.63) is 52.4 Å². The van der Waals surface area contributed by atoms with Crippen molar-refractivity contribution in [3.63, 3.8) is 0 Å². The lowest BCUT2D eigenvalue weighted by atomic mass is 10.0. The molecule has 0 aliphatic heterocycles. The number of anilines is 1. The second-order valence-electron chi connectivity index (χ2n) is 4.03. The first kappa shape index (κ1) is 11.9. The molecule has 0 aliphatic carbocycles. The summed E-state index contributed by atoms with van der Waals surface area (Å²) < 4.78 is 5.07. The van der Waals surface area contributed by atoms with E-state index in [1.807, 2.05) is 36.4 Å². The van der Waals surface area contributed by atoms with Crippen LogP contribution < -0.4 is 10.5 Å². The van der Waals surface area contributed by atoms with E-state index in [0.717, 1.165) is 5.56 Å². The van der Waals surface area contributed by atoms with Gasteiger partial charge in [0.05, 0.1) is 0 Å². The Morgan fingerprint density at radius 2 is 1.89 bits per heavy atom. The average molecular weight is 240 g/mol. The summed E-state index contributed by atoms with van der Waals surface area (Å²) in [6, 6.07) is 12.9. The van der Waals surface area contributed by atoms with Gasteiger partial charge in [-0.25, -0.2) is 4.79 Å². The molecule has 2 rings (SSSR count). The number of hydrogen-bond acceptors (Lipinski definition) is 4. The summed E-state index contributed by atoms with van der Waals surface area (Å²) in [5.74, 6) is 0.429. The molecule has 0 bridgehead atoms. The zero-order valence-corrected chi connectivity index (χ0v) is 10.2. The summed E-state index contributed by atoms with van der Waals surface area (Å²) in [4.78, 5) is 13.4. The largest absolute Gasteiger partial charge is 0.406 e. The molecule has 0 aliphatic rings. The zero-order chi connectivity index (χ0) is 13.1. The molecule has 0 N–H and O–H groups in total. The van der Waals surface area contributed by atoms with E-state index in [2.05, 4.69) is 0 Å². The predicted octanol–water partition coefficient (Wildman–Crippen LogP) is 2.24. The first-order valence-electron chi connectivity index (χ1n) is 5.44. The molecule has 0 fully saturated rings. The third-order valence-electron chi connectivity index (χ3n) is 2.58. The highest BCUT2D eigenvalue weighted by atomic mass is 16.4. The Kier molecular flexibility index (Phi) is 3.16. The molecule has 1 heterocycles. The number of hydrogen-bond donors (Lipinski definition) is 0. The van der Waals surface area contributed by atoms with Crippen molar-refractivity contribution in [2.24, 2.45) is 0 Å². The van der Waals surface area contributed by atoms with Crippen molar-refractivity contribution in [1.29, 1.82) is 5.26 Å². The summed E-state index contributed by atoms with van der Waals surface area (Å²) in [6.45, 7) is 0. The lowest BCUT2D eigenvalue weighted by Gasteiger charge is -2.12. The number of nitrogens with zero attached hydrogens (tertiary/aromatic N) is 2. The Morgan fingerprint density at radius 3 is 2.44 bits per heavy atom. The molecule has 0 saturated carbocycles. The molecule has 90 valence electrons. The molecule has 0 radical (unpaired) electrons. The lowest BCUT2D eigenvalue weighted by molar-refractivity contribution is 0.510. The second-order valence-corrected chi connectivity index (χ2v) is 4.03. The molecule has 0 atom stereocenters. The lowest BCUT2D eigenvalue weighted by Crippen LogP contribution is -2.14. The van der Waals surface area contributed by atoms with Crippen LogP contribution in [0.4, 0.5) is 5.88 Å². The van der Waals surface area contributed by atoms with Crippen LogP contribution in [0.15, 0.2) is 45.6 Å². The Hall–Kier alpha value is -2.54. The monoisotopic (exact) mass is 240 g/mol. The van der Waals surface area contributed by atoms with Crippen molar-refractivity contribution in [2.45, 2.75) is 0 Å². The number of rotatable bonds is 2. The van der Waals surface area contributed by atoms with Crippen molar-refractivity contribution in [1.82, 2.24) is 0 Å². The van der Waals surface area contributed by atoms with Crippen LogP contribution in [0.5, 0.6) is 0 Å². The van der Waals surface area contributed by atoms with Gasteiger partial charge in [0.15, 0.2) is 5.88 Å². The summed E-state index contributed by atoms with van der Waals surface area (Å²) in [5.41, 5.74) is 0.845. The molecular weight excluding hydrogens is 228 g/mol. The molecule has 0 saturated heterocycles. The highest BCUT2D eigenvalue weighted by Gasteiger charge is 2.13. The van der Waals surface area contributed by atoms with Gasteiger partial charge in [-0.2, -0.15) is 5.26 Å². The molecule has 2 aromatic rings. The molecular formula is C14H12N2O2. The van der Waals surface area contributed by atoms with Gasteiger partial charge in [-0.1, -0.05) is 30.3 Å². The van der Waals surface area contributed by atoms with Gasteiger partial charge in [0.25, 0.3) is 0 Å². The van der Waals surface area contributed by atoms with Crippen molar-refractivity contribution in [3.8, 4) is 17.2 Å². The fourth-order valence-electron chi connectivity index (χ4n) is 1.65. The van der Waals surface area contributed by atoms with E-state index < -0.39 is 5.63 Å². The molecule has 0 unspecified atom stereocenters. The molecule has 1 aromatic carbocycles. The van der Waals surface area contributed by atoms with Gasteiger partial charge in [0.2, 0.25) is 0 Å². The van der Waals surface area contributed by atoms with E-state index in [1.165, 1.54) is 0 Å². The van der Waals surface area contributed by atoms with Gasteiger partial charge in [-0.05, 0) is 5.56 Å². The highest BCUT2D eigenvalue weighted by molar-refractivity contribution is 5.71. The fraction of sp³-hybridized carbons (Fsp3) is 0.143. The molecule has 0 spiro atoms. The van der Waals surface area contributed by atoms with Gasteiger partial charge in [0.1, 0.15) is 11.6 Å². The quantitative estimate of drug-likeness (QED) is 0.807. The minimum atomic E-state index is -0.609. The average Bonchev–Trinajstić information content (AvgIpc) is 2.38. The summed E-state index contributed by atoms with van der Waals surface area (Å²) >= 11 is 0. The summed E-state index contributed by atoms with van der Waals surface area (Å²) in [7, 11) is 3.55. The third-order valence-corrected chi connectivity index (χ3v) is 2.58. The second kappa shape index (κ2) is 4.76. The van der Waals surface area contributed by atoms with Gasteiger partial charge in [-0.3, -0.25) is 0 Å². The van der Waals surface area contributed by atoms with E-state index in [0.29, 0.717) is 11.4 Å². The Bertz CT molecular complexity index is 652. The maximum absolute atomic E-state index is 11.8. The van der Waals surface area contributed by atoms with Crippen LogP contribution in [-0.4, -0.2) is 14.1 Å². The smallest absolute Gasteiger partial charge is 0.356 e. The fourth-order valence-corrected chi connectivity index (χ4v) is 1.65. The first-order valence-corrected chi connectivity index (χ1v) is 5.44. The zero-order valence-electron chi connectivity index (χ0n) is 10.2. The normalized spacial score (nSPS) is 9.83. The topological polar surface area (TPSA) is 57.2 Å². The first-order chi connectivity index (χ1) is 8.63. The molecule has 4 heteroatoms. The predicted molar refractivity (Wildman–Crippen MR) is 69.5 cm³/mol. The summed E-state index contributed by atoms with van der Waals surface area (Å²) in [5, 5.41) is 9.07.